The fourth-order valence-corrected chi connectivity index (χ4v) is 3.97. The minimum Gasteiger partial charge on any atom is -0.349 e. The van der Waals surface area contributed by atoms with Crippen molar-refractivity contribution in [1.29, 1.82) is 0 Å². The third kappa shape index (κ3) is 3.58. The second-order valence-electron chi connectivity index (χ2n) is 6.10. The van der Waals surface area contributed by atoms with Gasteiger partial charge in [-0.1, -0.05) is 0 Å². The lowest BCUT2D eigenvalue weighted by Gasteiger charge is -2.28. The molecule has 0 aliphatic heterocycles. The standard InChI is InChI=1S/C13H23N3O2S/c1-13(2,15-19(3,17)18)9-16-8-7-10-11(14)5-4-6-12(10)16/h7-8,11,15H,4-6,9,14H2,1-3H3. The SMILES string of the molecule is CC(C)(Cn1ccc2c1CCCC2N)NS(C)(=O)=O. The van der Waals surface area contributed by atoms with Crippen molar-refractivity contribution in [1.82, 2.24) is 9.29 Å². The van der Waals surface area contributed by atoms with Crippen LogP contribution in [0.15, 0.2) is 12.3 Å². The van der Waals surface area contributed by atoms with Gasteiger partial charge in [-0.05, 0) is 44.7 Å². The summed E-state index contributed by atoms with van der Waals surface area (Å²) in [7, 11) is -3.21. The number of hydrogen-bond acceptors (Lipinski definition) is 3. The van der Waals surface area contributed by atoms with E-state index in [4.69, 9.17) is 5.73 Å². The van der Waals surface area contributed by atoms with Crippen LogP contribution >= 0.6 is 0 Å². The number of sulfonamides is 1. The molecule has 108 valence electrons. The average Bonchev–Trinajstić information content (AvgIpc) is 2.58. The van der Waals surface area contributed by atoms with E-state index in [0.717, 1.165) is 19.3 Å². The molecule has 0 saturated heterocycles. The number of nitrogens with zero attached hydrogens (tertiary/aromatic N) is 1. The van der Waals surface area contributed by atoms with Crippen molar-refractivity contribution in [2.24, 2.45) is 5.73 Å². The molecule has 0 radical (unpaired) electrons. The fourth-order valence-electron chi connectivity index (χ4n) is 2.90. The topological polar surface area (TPSA) is 77.1 Å². The molecule has 5 nitrogen and oxygen atoms in total. The predicted octanol–water partition coefficient (Wildman–Crippen LogP) is 1.15. The number of rotatable bonds is 4. The molecule has 1 unspecified atom stereocenters. The zero-order chi connectivity index (χ0) is 14.3. The van der Waals surface area contributed by atoms with Crippen molar-refractivity contribution < 1.29 is 8.42 Å². The number of aromatic nitrogens is 1. The van der Waals surface area contributed by atoms with Crippen LogP contribution in [0.5, 0.6) is 0 Å². The fraction of sp³-hybridized carbons (Fsp3) is 0.692. The van der Waals surface area contributed by atoms with Gasteiger partial charge >= 0.3 is 0 Å². The van der Waals surface area contributed by atoms with Crippen LogP contribution in [0, 0.1) is 0 Å². The van der Waals surface area contributed by atoms with Gasteiger partial charge in [0.2, 0.25) is 10.0 Å². The normalized spacial score (nSPS) is 20.3. The summed E-state index contributed by atoms with van der Waals surface area (Å²) >= 11 is 0. The maximum absolute atomic E-state index is 11.4. The highest BCUT2D eigenvalue weighted by Crippen LogP contribution is 2.29. The maximum Gasteiger partial charge on any atom is 0.209 e. The summed E-state index contributed by atoms with van der Waals surface area (Å²) in [5, 5.41) is 0. The van der Waals surface area contributed by atoms with Gasteiger partial charge in [-0.15, -0.1) is 0 Å². The first kappa shape index (κ1) is 14.6. The second kappa shape index (κ2) is 4.92. The Labute approximate surface area is 115 Å². The van der Waals surface area contributed by atoms with Crippen LogP contribution in [-0.2, 0) is 23.0 Å². The number of nitrogens with one attached hydrogen (secondary N) is 1. The largest absolute Gasteiger partial charge is 0.349 e. The zero-order valence-electron chi connectivity index (χ0n) is 11.8. The lowest BCUT2D eigenvalue weighted by atomic mass is 9.93. The Bertz CT molecular complexity index is 560. The first-order valence-corrected chi connectivity index (χ1v) is 8.49. The van der Waals surface area contributed by atoms with Crippen molar-refractivity contribution in [3.05, 3.63) is 23.5 Å². The first-order chi connectivity index (χ1) is 8.68. The first-order valence-electron chi connectivity index (χ1n) is 6.60. The smallest absolute Gasteiger partial charge is 0.209 e. The summed E-state index contributed by atoms with van der Waals surface area (Å²) in [4.78, 5) is 0. The van der Waals surface area contributed by atoms with Crippen LogP contribution in [0.3, 0.4) is 0 Å². The van der Waals surface area contributed by atoms with Gasteiger partial charge in [-0.2, -0.15) is 0 Å². The number of nitrogens with two attached hydrogens (primary N) is 1. The lowest BCUT2D eigenvalue weighted by Crippen LogP contribution is -2.46. The summed E-state index contributed by atoms with van der Waals surface area (Å²) in [6.07, 6.45) is 6.35. The van der Waals surface area contributed by atoms with Crippen molar-refractivity contribution in [2.75, 3.05) is 6.26 Å². The third-order valence-electron chi connectivity index (χ3n) is 3.47. The molecule has 0 aromatic carbocycles. The highest BCUT2D eigenvalue weighted by Gasteiger charge is 2.26. The molecule has 1 aliphatic rings. The Hall–Kier alpha value is -0.850. The zero-order valence-corrected chi connectivity index (χ0v) is 12.6. The van der Waals surface area contributed by atoms with Crippen molar-refractivity contribution in [2.45, 2.75) is 51.2 Å². The van der Waals surface area contributed by atoms with Crippen LogP contribution in [0.1, 0.15) is 44.0 Å². The molecule has 0 amide bonds. The van der Waals surface area contributed by atoms with Gasteiger partial charge in [0.05, 0.1) is 6.26 Å². The van der Waals surface area contributed by atoms with Gasteiger partial charge in [0.25, 0.3) is 0 Å². The molecule has 1 atom stereocenters. The maximum atomic E-state index is 11.4. The van der Waals surface area contributed by atoms with Crippen molar-refractivity contribution >= 4 is 10.0 Å². The van der Waals surface area contributed by atoms with E-state index in [-0.39, 0.29) is 6.04 Å². The van der Waals surface area contributed by atoms with Gasteiger partial charge in [-0.25, -0.2) is 13.1 Å². The quantitative estimate of drug-likeness (QED) is 0.871. The van der Waals surface area contributed by atoms with Crippen LogP contribution < -0.4 is 10.5 Å². The van der Waals surface area contributed by atoms with E-state index in [9.17, 15) is 8.42 Å². The van der Waals surface area contributed by atoms with Crippen LogP contribution in [0.4, 0.5) is 0 Å². The molecule has 19 heavy (non-hydrogen) atoms. The van der Waals surface area contributed by atoms with E-state index in [2.05, 4.69) is 15.4 Å². The van der Waals surface area contributed by atoms with Crippen LogP contribution in [0.25, 0.3) is 0 Å². The van der Waals surface area contributed by atoms with E-state index in [1.54, 1.807) is 0 Å². The Morgan fingerprint density at radius 2 is 2.21 bits per heavy atom. The number of fused-ring (bicyclic) bond motifs is 1. The molecule has 0 saturated carbocycles. The monoisotopic (exact) mass is 285 g/mol. The van der Waals surface area contributed by atoms with Crippen molar-refractivity contribution in [3.8, 4) is 0 Å². The molecule has 1 heterocycles. The highest BCUT2D eigenvalue weighted by atomic mass is 32.2. The summed E-state index contributed by atoms with van der Waals surface area (Å²) in [6.45, 7) is 4.40. The Morgan fingerprint density at radius 3 is 2.84 bits per heavy atom. The Kier molecular flexibility index (Phi) is 3.77. The highest BCUT2D eigenvalue weighted by molar-refractivity contribution is 7.88. The van der Waals surface area contributed by atoms with Gasteiger partial charge in [0.15, 0.2) is 0 Å². The Morgan fingerprint density at radius 1 is 1.53 bits per heavy atom. The molecular formula is C13H23N3O2S. The van der Waals surface area contributed by atoms with E-state index < -0.39 is 15.6 Å². The molecule has 3 N–H and O–H groups in total. The predicted molar refractivity (Wildman–Crippen MR) is 76.4 cm³/mol. The molecule has 1 aromatic rings. The summed E-state index contributed by atoms with van der Waals surface area (Å²) < 4.78 is 27.6. The average molecular weight is 285 g/mol. The van der Waals surface area contributed by atoms with Gasteiger partial charge in [0, 0.05) is 30.0 Å². The van der Waals surface area contributed by atoms with E-state index >= 15 is 0 Å². The van der Waals surface area contributed by atoms with Crippen molar-refractivity contribution in [3.63, 3.8) is 0 Å². The molecule has 0 bridgehead atoms. The minimum atomic E-state index is -3.21. The molecule has 0 spiro atoms. The molecular weight excluding hydrogens is 262 g/mol. The summed E-state index contributed by atoms with van der Waals surface area (Å²) in [5.74, 6) is 0. The van der Waals surface area contributed by atoms with E-state index in [0.29, 0.717) is 6.54 Å². The lowest BCUT2D eigenvalue weighted by molar-refractivity contribution is 0.382. The molecule has 1 aliphatic carbocycles. The van der Waals surface area contributed by atoms with E-state index in [1.165, 1.54) is 17.5 Å². The molecule has 6 heteroatoms. The minimum absolute atomic E-state index is 0.121. The second-order valence-corrected chi connectivity index (χ2v) is 7.85. The summed E-state index contributed by atoms with van der Waals surface area (Å²) in [5.41, 5.74) is 8.05. The number of hydrogen-bond donors (Lipinski definition) is 2. The third-order valence-corrected chi connectivity index (χ3v) is 4.39. The molecule has 1 aromatic heterocycles. The van der Waals surface area contributed by atoms with Crippen LogP contribution in [-0.4, -0.2) is 24.8 Å². The molecule has 2 rings (SSSR count). The van der Waals surface area contributed by atoms with Gasteiger partial charge in [-0.3, -0.25) is 0 Å². The van der Waals surface area contributed by atoms with Crippen LogP contribution in [0.2, 0.25) is 0 Å². The van der Waals surface area contributed by atoms with Gasteiger partial charge in [0.1, 0.15) is 0 Å². The Balaban J connectivity index is 2.20. The van der Waals surface area contributed by atoms with Gasteiger partial charge < -0.3 is 10.3 Å². The molecule has 0 fully saturated rings. The van der Waals surface area contributed by atoms with E-state index in [1.807, 2.05) is 20.0 Å². The summed E-state index contributed by atoms with van der Waals surface area (Å²) in [6, 6.07) is 2.19.